The molecule has 2 saturated carbocycles. The van der Waals surface area contributed by atoms with Gasteiger partial charge in [0.25, 0.3) is 0 Å². The molecule has 2 N–H and O–H groups in total. The lowest BCUT2D eigenvalue weighted by Crippen LogP contribution is -2.48. The van der Waals surface area contributed by atoms with E-state index in [4.69, 9.17) is 9.47 Å². The smallest absolute Gasteiger partial charge is 0.411 e. The molecule has 0 aromatic carbocycles. The van der Waals surface area contributed by atoms with Crippen molar-refractivity contribution in [1.82, 2.24) is 9.80 Å². The first kappa shape index (κ1) is 29.5. The van der Waals surface area contributed by atoms with Crippen LogP contribution in [0.25, 0.3) is 0 Å². The third-order valence-corrected chi connectivity index (χ3v) is 7.99. The van der Waals surface area contributed by atoms with Crippen molar-refractivity contribution in [3.8, 4) is 0 Å². The lowest BCUT2D eigenvalue weighted by molar-refractivity contribution is -0.142. The van der Waals surface area contributed by atoms with Crippen molar-refractivity contribution in [2.24, 2.45) is 11.8 Å². The highest BCUT2D eigenvalue weighted by Gasteiger charge is 2.49. The summed E-state index contributed by atoms with van der Waals surface area (Å²) < 4.78 is 10.9. The van der Waals surface area contributed by atoms with E-state index < -0.39 is 29.3 Å². The average Bonchev–Trinajstić information content (AvgIpc) is 3.36. The third kappa shape index (κ3) is 7.52. The largest absolute Gasteiger partial charge is 0.480 e. The van der Waals surface area contributed by atoms with E-state index in [1.807, 2.05) is 25.7 Å². The Hall–Kier alpha value is -2.03. The molecule has 6 atom stereocenters. The minimum atomic E-state index is -0.916. The summed E-state index contributed by atoms with van der Waals surface area (Å²) in [4.78, 5) is 39.2. The van der Waals surface area contributed by atoms with Crippen LogP contribution in [0.1, 0.15) is 106 Å². The minimum absolute atomic E-state index is 0.0460. The Bertz CT molecular complexity index is 818. The molecule has 0 aromatic heterocycles. The van der Waals surface area contributed by atoms with Gasteiger partial charge in [-0.3, -0.25) is 9.80 Å². The number of ether oxygens (including phenoxy) is 2. The summed E-state index contributed by atoms with van der Waals surface area (Å²) in [5.74, 6) is -0.0361. The maximum absolute atomic E-state index is 12.3. The molecule has 2 heterocycles. The lowest BCUT2D eigenvalue weighted by Gasteiger charge is -2.34. The van der Waals surface area contributed by atoms with E-state index in [0.717, 1.165) is 38.5 Å². The highest BCUT2D eigenvalue weighted by atomic mass is 16.6. The van der Waals surface area contributed by atoms with Gasteiger partial charge in [-0.1, -0.05) is 25.7 Å². The Morgan fingerprint density at radius 3 is 1.62 bits per heavy atom. The molecule has 0 unspecified atom stereocenters. The van der Waals surface area contributed by atoms with E-state index in [1.54, 1.807) is 20.8 Å². The van der Waals surface area contributed by atoms with Crippen LogP contribution in [0.15, 0.2) is 0 Å². The van der Waals surface area contributed by atoms with E-state index in [-0.39, 0.29) is 30.8 Å². The molecule has 0 radical (unpaired) electrons. The molecule has 4 rings (SSSR count). The van der Waals surface area contributed by atoms with Gasteiger partial charge in [0.1, 0.15) is 17.2 Å². The molecule has 0 spiro atoms. The molecule has 4 fully saturated rings. The number of aliphatic carboxylic acids is 1. The summed E-state index contributed by atoms with van der Waals surface area (Å²) >= 11 is 0. The molecule has 9 heteroatoms. The number of carboxylic acid groups (broad SMARTS) is 1. The van der Waals surface area contributed by atoms with Crippen LogP contribution in [0.3, 0.4) is 0 Å². The van der Waals surface area contributed by atoms with E-state index >= 15 is 0 Å². The van der Waals surface area contributed by atoms with Crippen LogP contribution >= 0.6 is 0 Å². The van der Waals surface area contributed by atoms with Crippen molar-refractivity contribution in [2.75, 3.05) is 6.61 Å². The summed E-state index contributed by atoms with van der Waals surface area (Å²) in [6, 6.07) is -0.439. The molecule has 2 aliphatic carbocycles. The van der Waals surface area contributed by atoms with Crippen LogP contribution in [-0.2, 0) is 14.3 Å². The number of rotatable bonds is 2. The number of carboxylic acids is 1. The van der Waals surface area contributed by atoms with Gasteiger partial charge in [0, 0.05) is 12.1 Å². The van der Waals surface area contributed by atoms with Crippen molar-refractivity contribution < 1.29 is 34.1 Å². The Kier molecular flexibility index (Phi) is 9.41. The number of hydrogen-bond donors (Lipinski definition) is 2. The summed E-state index contributed by atoms with van der Waals surface area (Å²) in [5.41, 5.74) is -1.06. The zero-order chi connectivity index (χ0) is 27.5. The van der Waals surface area contributed by atoms with Crippen LogP contribution < -0.4 is 0 Å². The van der Waals surface area contributed by atoms with Gasteiger partial charge in [-0.15, -0.1) is 0 Å². The Labute approximate surface area is 221 Å². The predicted octanol–water partition coefficient (Wildman–Crippen LogP) is 5.19. The number of aliphatic hydroxyl groups excluding tert-OH is 1. The number of likely N-dealkylation sites (tertiary alicyclic amines) is 2. The van der Waals surface area contributed by atoms with E-state index in [9.17, 15) is 24.6 Å². The SMILES string of the molecule is CC(C)(C)OC(=O)N1[C@H](C(=O)O)C[C@@H]2CCCC[C@@H]21.CC(C)(C)OC(=O)N1[C@H](CO)C[C@@H]2CCCC[C@@H]21. The molecule has 37 heavy (non-hydrogen) atoms. The van der Waals surface area contributed by atoms with Gasteiger partial charge in [-0.05, 0) is 91.9 Å². The fraction of sp³-hybridized carbons (Fsp3) is 0.893. The first-order valence-corrected chi connectivity index (χ1v) is 14.1. The number of nitrogens with zero attached hydrogens (tertiary/aromatic N) is 2. The van der Waals surface area contributed by atoms with Crippen molar-refractivity contribution in [3.05, 3.63) is 0 Å². The maximum Gasteiger partial charge on any atom is 0.411 e. The summed E-state index contributed by atoms with van der Waals surface area (Å²) in [6.45, 7) is 11.1. The number of aliphatic hydroxyl groups is 1. The number of fused-ring (bicyclic) bond motifs is 2. The van der Waals surface area contributed by atoms with Crippen LogP contribution in [0.5, 0.6) is 0 Å². The number of carbonyl (C=O) groups is 3. The topological polar surface area (TPSA) is 117 Å². The second-order valence-corrected chi connectivity index (χ2v) is 13.2. The number of hydrogen-bond acceptors (Lipinski definition) is 6. The lowest BCUT2D eigenvalue weighted by atomic mass is 9.85. The van der Waals surface area contributed by atoms with E-state index in [0.29, 0.717) is 18.3 Å². The maximum atomic E-state index is 12.3. The Morgan fingerprint density at radius 2 is 1.16 bits per heavy atom. The fourth-order valence-electron chi connectivity index (χ4n) is 6.58. The quantitative estimate of drug-likeness (QED) is 0.511. The highest BCUT2D eigenvalue weighted by molar-refractivity contribution is 5.81. The summed E-state index contributed by atoms with van der Waals surface area (Å²) in [6.07, 6.45) is 9.55. The van der Waals surface area contributed by atoms with Gasteiger partial charge in [-0.2, -0.15) is 0 Å². The van der Waals surface area contributed by atoms with Gasteiger partial charge in [0.15, 0.2) is 0 Å². The highest BCUT2D eigenvalue weighted by Crippen LogP contribution is 2.41. The normalized spacial score (nSPS) is 31.5. The molecule has 2 aliphatic heterocycles. The van der Waals surface area contributed by atoms with Gasteiger partial charge in [0.05, 0.1) is 12.6 Å². The number of carbonyl (C=O) groups excluding carboxylic acids is 2. The average molecular weight is 525 g/mol. The number of amides is 2. The molecule has 0 bridgehead atoms. The zero-order valence-corrected chi connectivity index (χ0v) is 23.6. The van der Waals surface area contributed by atoms with E-state index in [2.05, 4.69) is 0 Å². The van der Waals surface area contributed by atoms with Gasteiger partial charge in [0.2, 0.25) is 0 Å². The second kappa shape index (κ2) is 11.8. The summed E-state index contributed by atoms with van der Waals surface area (Å²) in [5, 5.41) is 18.8. The predicted molar refractivity (Wildman–Crippen MR) is 139 cm³/mol. The molecule has 2 saturated heterocycles. The molecule has 212 valence electrons. The van der Waals surface area contributed by atoms with Crippen molar-refractivity contribution in [1.29, 1.82) is 0 Å². The monoisotopic (exact) mass is 524 g/mol. The molecular formula is C28H48N2O7. The van der Waals surface area contributed by atoms with Gasteiger partial charge >= 0.3 is 18.2 Å². The molecule has 0 aromatic rings. The van der Waals surface area contributed by atoms with Gasteiger partial charge < -0.3 is 19.7 Å². The van der Waals surface area contributed by atoms with Crippen LogP contribution in [-0.4, -0.2) is 80.1 Å². The zero-order valence-electron chi connectivity index (χ0n) is 23.6. The van der Waals surface area contributed by atoms with Crippen molar-refractivity contribution >= 4 is 18.2 Å². The van der Waals surface area contributed by atoms with Crippen LogP contribution in [0.4, 0.5) is 9.59 Å². The second-order valence-electron chi connectivity index (χ2n) is 13.2. The van der Waals surface area contributed by atoms with Gasteiger partial charge in [-0.25, -0.2) is 14.4 Å². The minimum Gasteiger partial charge on any atom is -0.480 e. The molecular weight excluding hydrogens is 476 g/mol. The first-order valence-electron chi connectivity index (χ1n) is 14.1. The first-order chi connectivity index (χ1) is 17.2. The standard InChI is InChI=1S/C14H23NO4.C14H25NO3/c1-14(2,3)19-13(18)15-10-7-5-4-6-9(10)8-11(15)12(16)17;1-14(2,3)18-13(17)15-11(9-16)8-10-6-4-5-7-12(10)15/h9-11H,4-8H2,1-3H3,(H,16,17);10-12,16H,4-9H2,1-3H3/t9-,10-,11-;10-,11-,12-/m00/s1. The molecule has 9 nitrogen and oxygen atoms in total. The third-order valence-electron chi connectivity index (χ3n) is 7.99. The van der Waals surface area contributed by atoms with Crippen LogP contribution in [0.2, 0.25) is 0 Å². The van der Waals surface area contributed by atoms with E-state index in [1.165, 1.54) is 24.2 Å². The Morgan fingerprint density at radius 1 is 0.730 bits per heavy atom. The molecule has 2 amide bonds. The van der Waals surface area contributed by atoms with Crippen molar-refractivity contribution in [2.45, 2.75) is 141 Å². The van der Waals surface area contributed by atoms with Crippen LogP contribution in [0, 0.1) is 11.8 Å². The summed E-state index contributed by atoms with van der Waals surface area (Å²) in [7, 11) is 0. The van der Waals surface area contributed by atoms with Crippen molar-refractivity contribution in [3.63, 3.8) is 0 Å². The molecule has 4 aliphatic rings. The fourth-order valence-corrected chi connectivity index (χ4v) is 6.58. The Balaban J connectivity index is 0.000000206.